The molecule has 0 aromatic heterocycles. The number of hydrogen-bond donors (Lipinski definition) is 2. The van der Waals surface area contributed by atoms with Gasteiger partial charge in [0.15, 0.2) is 0 Å². The summed E-state index contributed by atoms with van der Waals surface area (Å²) in [5, 5.41) is 13.1. The molecule has 2 N–H and O–H groups in total. The molecule has 1 saturated heterocycles. The lowest BCUT2D eigenvalue weighted by molar-refractivity contribution is -0.144. The van der Waals surface area contributed by atoms with Gasteiger partial charge in [-0.3, -0.25) is 19.4 Å². The zero-order chi connectivity index (χ0) is 20.6. The normalized spacial score (nSPS) is 16.3. The quantitative estimate of drug-likeness (QED) is 0.692. The van der Waals surface area contributed by atoms with Gasteiger partial charge < -0.3 is 10.4 Å². The van der Waals surface area contributed by atoms with Crippen LogP contribution in [0, 0.1) is 5.92 Å². The number of aliphatic carboxylic acids is 1. The number of nitrogens with one attached hydrogen (secondary N) is 1. The van der Waals surface area contributed by atoms with Crippen molar-refractivity contribution in [3.05, 3.63) is 65.2 Å². The summed E-state index contributed by atoms with van der Waals surface area (Å²) in [6.45, 7) is 4.48. The minimum Gasteiger partial charge on any atom is -0.481 e. The number of carboxylic acids is 1. The predicted molar refractivity (Wildman–Crippen MR) is 114 cm³/mol. The third kappa shape index (κ3) is 6.85. The molecule has 1 atom stereocenters. The van der Waals surface area contributed by atoms with E-state index < -0.39 is 11.9 Å². The molecular formula is C22H26ClN3O3. The number of para-hydroxylation sites is 1. The van der Waals surface area contributed by atoms with Gasteiger partial charge >= 0.3 is 5.97 Å². The minimum absolute atomic E-state index is 0.0348. The van der Waals surface area contributed by atoms with Crippen molar-refractivity contribution in [2.45, 2.75) is 13.0 Å². The fourth-order valence-electron chi connectivity index (χ4n) is 3.52. The SMILES string of the molecule is O=C(C[C@@H](CN1CCN(Cc2cccc(Cl)c2)CC1)C(=O)O)Nc1ccccc1. The molecule has 1 amide bonds. The molecule has 154 valence electrons. The number of anilines is 1. The molecule has 2 aromatic rings. The number of hydrogen-bond acceptors (Lipinski definition) is 4. The lowest BCUT2D eigenvalue weighted by Crippen LogP contribution is -2.48. The summed E-state index contributed by atoms with van der Waals surface area (Å²) in [7, 11) is 0. The van der Waals surface area contributed by atoms with Gasteiger partial charge in [0.05, 0.1) is 5.92 Å². The first-order valence-corrected chi connectivity index (χ1v) is 10.1. The Morgan fingerprint density at radius 2 is 1.69 bits per heavy atom. The Morgan fingerprint density at radius 1 is 1.00 bits per heavy atom. The highest BCUT2D eigenvalue weighted by atomic mass is 35.5. The molecule has 0 spiro atoms. The third-order valence-corrected chi connectivity index (χ3v) is 5.31. The molecule has 0 bridgehead atoms. The van der Waals surface area contributed by atoms with Gasteiger partial charge in [0.2, 0.25) is 5.91 Å². The number of piperazine rings is 1. The van der Waals surface area contributed by atoms with Crippen molar-refractivity contribution in [1.29, 1.82) is 0 Å². The van der Waals surface area contributed by atoms with E-state index in [0.29, 0.717) is 12.2 Å². The maximum absolute atomic E-state index is 12.2. The molecule has 6 nitrogen and oxygen atoms in total. The lowest BCUT2D eigenvalue weighted by Gasteiger charge is -2.35. The van der Waals surface area contributed by atoms with Crippen molar-refractivity contribution in [2.75, 3.05) is 38.0 Å². The second-order valence-electron chi connectivity index (χ2n) is 7.36. The van der Waals surface area contributed by atoms with Gasteiger partial charge in [-0.05, 0) is 29.8 Å². The van der Waals surface area contributed by atoms with Gasteiger partial charge in [-0.1, -0.05) is 41.9 Å². The van der Waals surface area contributed by atoms with E-state index in [1.165, 1.54) is 5.56 Å². The Morgan fingerprint density at radius 3 is 2.34 bits per heavy atom. The number of rotatable bonds is 8. The molecule has 0 saturated carbocycles. The minimum atomic E-state index is -0.936. The number of carboxylic acid groups (broad SMARTS) is 1. The van der Waals surface area contributed by atoms with Crippen LogP contribution in [0.2, 0.25) is 5.02 Å². The van der Waals surface area contributed by atoms with Crippen LogP contribution in [0.4, 0.5) is 5.69 Å². The zero-order valence-corrected chi connectivity index (χ0v) is 17.0. The molecule has 2 aromatic carbocycles. The number of carbonyl (C=O) groups is 2. The van der Waals surface area contributed by atoms with E-state index in [9.17, 15) is 14.7 Å². The second kappa shape index (κ2) is 10.4. The lowest BCUT2D eigenvalue weighted by atomic mass is 10.0. The van der Waals surface area contributed by atoms with Crippen molar-refractivity contribution in [1.82, 2.24) is 9.80 Å². The highest BCUT2D eigenvalue weighted by Crippen LogP contribution is 2.16. The van der Waals surface area contributed by atoms with Gasteiger partial charge in [-0.15, -0.1) is 0 Å². The average Bonchev–Trinajstić information content (AvgIpc) is 2.69. The summed E-state index contributed by atoms with van der Waals surface area (Å²) >= 11 is 6.05. The number of benzene rings is 2. The fraction of sp³-hybridized carbons (Fsp3) is 0.364. The van der Waals surface area contributed by atoms with Crippen molar-refractivity contribution in [3.63, 3.8) is 0 Å². The van der Waals surface area contributed by atoms with Crippen LogP contribution >= 0.6 is 11.6 Å². The maximum Gasteiger partial charge on any atom is 0.308 e. The highest BCUT2D eigenvalue weighted by Gasteiger charge is 2.26. The second-order valence-corrected chi connectivity index (χ2v) is 7.80. The van der Waals surface area contributed by atoms with Crippen LogP contribution in [0.5, 0.6) is 0 Å². The van der Waals surface area contributed by atoms with Gasteiger partial charge in [0.25, 0.3) is 0 Å². The Labute approximate surface area is 176 Å². The van der Waals surface area contributed by atoms with Crippen LogP contribution in [0.1, 0.15) is 12.0 Å². The largest absolute Gasteiger partial charge is 0.481 e. The standard InChI is InChI=1S/C22H26ClN3O3/c23-19-6-4-5-17(13-19)15-25-9-11-26(12-10-25)16-18(22(28)29)14-21(27)24-20-7-2-1-3-8-20/h1-8,13,18H,9-12,14-16H2,(H,24,27)(H,28,29)/t18-/m0/s1. The zero-order valence-electron chi connectivity index (χ0n) is 16.3. The Bertz CT molecular complexity index is 823. The van der Waals surface area contributed by atoms with E-state index in [4.69, 9.17) is 11.6 Å². The van der Waals surface area contributed by atoms with Crippen LogP contribution in [-0.4, -0.2) is 59.5 Å². The molecule has 7 heteroatoms. The van der Waals surface area contributed by atoms with Crippen molar-refractivity contribution in [2.24, 2.45) is 5.92 Å². The van der Waals surface area contributed by atoms with E-state index in [1.807, 2.05) is 36.4 Å². The monoisotopic (exact) mass is 415 g/mol. The maximum atomic E-state index is 12.2. The average molecular weight is 416 g/mol. The van der Waals surface area contributed by atoms with Gasteiger partial charge in [0.1, 0.15) is 0 Å². The Hall–Kier alpha value is -2.41. The molecule has 3 rings (SSSR count). The number of halogens is 1. The number of carbonyl (C=O) groups excluding carboxylic acids is 1. The molecule has 0 aliphatic carbocycles. The van der Waals surface area contributed by atoms with Gasteiger partial charge in [-0.25, -0.2) is 0 Å². The van der Waals surface area contributed by atoms with E-state index in [1.54, 1.807) is 12.1 Å². The van der Waals surface area contributed by atoms with E-state index in [0.717, 1.165) is 37.7 Å². The van der Waals surface area contributed by atoms with Crippen molar-refractivity contribution in [3.8, 4) is 0 Å². The third-order valence-electron chi connectivity index (χ3n) is 5.08. The summed E-state index contributed by atoms with van der Waals surface area (Å²) in [6, 6.07) is 16.9. The molecular weight excluding hydrogens is 390 g/mol. The number of amides is 1. The molecule has 1 fully saturated rings. The summed E-state index contributed by atoms with van der Waals surface area (Å²) in [5.74, 6) is -1.93. The molecule has 0 radical (unpaired) electrons. The first-order chi connectivity index (χ1) is 14.0. The van der Waals surface area contributed by atoms with Crippen molar-refractivity contribution >= 4 is 29.2 Å². The van der Waals surface area contributed by atoms with Crippen LogP contribution in [0.15, 0.2) is 54.6 Å². The molecule has 1 heterocycles. The molecule has 0 unspecified atom stereocenters. The Kier molecular flexibility index (Phi) is 7.63. The topological polar surface area (TPSA) is 72.9 Å². The fourth-order valence-corrected chi connectivity index (χ4v) is 3.74. The van der Waals surface area contributed by atoms with E-state index >= 15 is 0 Å². The first kappa shape index (κ1) is 21.3. The Balaban J connectivity index is 1.46. The van der Waals surface area contributed by atoms with Crippen LogP contribution < -0.4 is 5.32 Å². The molecule has 29 heavy (non-hydrogen) atoms. The summed E-state index contributed by atoms with van der Waals surface area (Å²) in [5.41, 5.74) is 1.85. The van der Waals surface area contributed by atoms with Gasteiger partial charge in [-0.2, -0.15) is 0 Å². The molecule has 1 aliphatic rings. The van der Waals surface area contributed by atoms with Crippen LogP contribution in [-0.2, 0) is 16.1 Å². The summed E-state index contributed by atoms with van der Waals surface area (Å²) in [6.07, 6.45) is -0.0348. The van der Waals surface area contributed by atoms with Crippen LogP contribution in [0.25, 0.3) is 0 Å². The predicted octanol–water partition coefficient (Wildman–Crippen LogP) is 3.19. The van der Waals surface area contributed by atoms with Gasteiger partial charge in [0, 0.05) is 56.4 Å². The molecule has 1 aliphatic heterocycles. The summed E-state index contributed by atoms with van der Waals surface area (Å²) in [4.78, 5) is 28.4. The number of nitrogens with zero attached hydrogens (tertiary/aromatic N) is 2. The van der Waals surface area contributed by atoms with Crippen LogP contribution in [0.3, 0.4) is 0 Å². The van der Waals surface area contributed by atoms with E-state index in [2.05, 4.69) is 21.2 Å². The summed E-state index contributed by atoms with van der Waals surface area (Å²) < 4.78 is 0. The highest BCUT2D eigenvalue weighted by molar-refractivity contribution is 6.30. The van der Waals surface area contributed by atoms with E-state index in [-0.39, 0.29) is 12.3 Å². The smallest absolute Gasteiger partial charge is 0.308 e. The first-order valence-electron chi connectivity index (χ1n) is 9.76. The van der Waals surface area contributed by atoms with Crippen molar-refractivity contribution < 1.29 is 14.7 Å².